The number of hydrogen-bond acceptors (Lipinski definition) is 4. The molecule has 1 aliphatic heterocycles. The Morgan fingerprint density at radius 2 is 2.00 bits per heavy atom. The van der Waals surface area contributed by atoms with Crippen LogP contribution in [0.1, 0.15) is 32.3 Å². The van der Waals surface area contributed by atoms with Crippen LogP contribution in [0, 0.1) is 0 Å². The largest absolute Gasteiger partial charge is 0.493 e. The Morgan fingerprint density at radius 1 is 1.19 bits per heavy atom. The third kappa shape index (κ3) is 3.69. The van der Waals surface area contributed by atoms with E-state index in [4.69, 9.17) is 9.47 Å². The van der Waals surface area contributed by atoms with Gasteiger partial charge in [-0.1, -0.05) is 26.0 Å². The third-order valence-corrected chi connectivity index (χ3v) is 4.44. The zero-order chi connectivity index (χ0) is 15.2. The molecule has 2 rings (SSSR count). The average Bonchev–Trinajstić information content (AvgIpc) is 2.54. The van der Waals surface area contributed by atoms with Gasteiger partial charge < -0.3 is 14.8 Å². The van der Waals surface area contributed by atoms with Crippen molar-refractivity contribution in [2.24, 2.45) is 0 Å². The molecule has 21 heavy (non-hydrogen) atoms. The number of nitrogens with zero attached hydrogens (tertiary/aromatic N) is 1. The number of ether oxygens (including phenoxy) is 2. The van der Waals surface area contributed by atoms with E-state index in [0.29, 0.717) is 12.1 Å². The molecule has 0 bridgehead atoms. The number of methoxy groups -OCH3 is 2. The van der Waals surface area contributed by atoms with Crippen molar-refractivity contribution in [3.63, 3.8) is 0 Å². The van der Waals surface area contributed by atoms with Gasteiger partial charge in [0.15, 0.2) is 11.5 Å². The summed E-state index contributed by atoms with van der Waals surface area (Å²) in [5, 5.41) is 3.64. The molecule has 1 N–H and O–H groups in total. The van der Waals surface area contributed by atoms with Crippen molar-refractivity contribution in [1.29, 1.82) is 0 Å². The zero-order valence-electron chi connectivity index (χ0n) is 13.7. The van der Waals surface area contributed by atoms with Crippen LogP contribution in [-0.4, -0.2) is 44.3 Å². The normalized spacial score (nSPS) is 23.0. The summed E-state index contributed by atoms with van der Waals surface area (Å²) in [6.07, 6.45) is 2.33. The summed E-state index contributed by atoms with van der Waals surface area (Å²) >= 11 is 0. The van der Waals surface area contributed by atoms with Gasteiger partial charge in [-0.2, -0.15) is 0 Å². The van der Waals surface area contributed by atoms with Crippen LogP contribution in [0.4, 0.5) is 0 Å². The highest BCUT2D eigenvalue weighted by molar-refractivity contribution is 5.46. The van der Waals surface area contributed by atoms with Gasteiger partial charge in [-0.25, -0.2) is 0 Å². The van der Waals surface area contributed by atoms with Crippen LogP contribution in [0.15, 0.2) is 18.2 Å². The fourth-order valence-electron chi connectivity index (χ4n) is 3.10. The van der Waals surface area contributed by atoms with Gasteiger partial charge in [0.25, 0.3) is 0 Å². The summed E-state index contributed by atoms with van der Waals surface area (Å²) in [6.45, 7) is 7.58. The third-order valence-electron chi connectivity index (χ3n) is 4.44. The minimum Gasteiger partial charge on any atom is -0.493 e. The fraction of sp³-hybridized carbons (Fsp3) is 0.647. The van der Waals surface area contributed by atoms with Crippen molar-refractivity contribution < 1.29 is 9.47 Å². The molecule has 1 fully saturated rings. The second-order valence-corrected chi connectivity index (χ2v) is 5.66. The molecule has 1 aromatic carbocycles. The van der Waals surface area contributed by atoms with E-state index in [1.165, 1.54) is 12.0 Å². The van der Waals surface area contributed by atoms with Crippen molar-refractivity contribution in [3.8, 4) is 11.5 Å². The molecular formula is C17H28N2O2. The van der Waals surface area contributed by atoms with E-state index in [9.17, 15) is 0 Å². The van der Waals surface area contributed by atoms with Crippen molar-refractivity contribution in [1.82, 2.24) is 10.2 Å². The van der Waals surface area contributed by atoms with E-state index in [1.54, 1.807) is 14.2 Å². The highest BCUT2D eigenvalue weighted by Gasteiger charge is 2.26. The first-order chi connectivity index (χ1) is 10.2. The summed E-state index contributed by atoms with van der Waals surface area (Å²) < 4.78 is 11.0. The van der Waals surface area contributed by atoms with Crippen LogP contribution < -0.4 is 14.8 Å². The van der Waals surface area contributed by atoms with Crippen molar-refractivity contribution >= 4 is 0 Å². The van der Waals surface area contributed by atoms with Gasteiger partial charge in [-0.05, 0) is 18.9 Å². The van der Waals surface area contributed by atoms with Crippen LogP contribution in [0.3, 0.4) is 0 Å². The number of hydrogen-bond donors (Lipinski definition) is 1. The lowest BCUT2D eigenvalue weighted by molar-refractivity contribution is 0.116. The molecule has 1 aromatic rings. The maximum absolute atomic E-state index is 5.56. The molecule has 1 heterocycles. The lowest BCUT2D eigenvalue weighted by Gasteiger charge is -2.40. The Bertz CT molecular complexity index is 450. The van der Waals surface area contributed by atoms with E-state index in [2.05, 4.69) is 30.1 Å². The van der Waals surface area contributed by atoms with E-state index >= 15 is 0 Å². The van der Waals surface area contributed by atoms with Gasteiger partial charge in [0.2, 0.25) is 0 Å². The minimum absolute atomic E-state index is 0.587. The zero-order valence-corrected chi connectivity index (χ0v) is 13.7. The monoisotopic (exact) mass is 292 g/mol. The molecule has 0 radical (unpaired) electrons. The second kappa shape index (κ2) is 7.66. The molecule has 4 heteroatoms. The Labute approximate surface area is 128 Å². The molecule has 0 aliphatic carbocycles. The Morgan fingerprint density at radius 3 is 2.62 bits per heavy atom. The Kier molecular flexibility index (Phi) is 5.88. The van der Waals surface area contributed by atoms with E-state index < -0.39 is 0 Å². The quantitative estimate of drug-likeness (QED) is 0.874. The molecule has 118 valence electrons. The average molecular weight is 292 g/mol. The maximum atomic E-state index is 5.56. The molecule has 0 aromatic heterocycles. The fourth-order valence-corrected chi connectivity index (χ4v) is 3.10. The lowest BCUT2D eigenvalue weighted by Crippen LogP contribution is -2.55. The summed E-state index contributed by atoms with van der Waals surface area (Å²) in [6, 6.07) is 7.30. The Hall–Kier alpha value is -1.26. The molecule has 4 nitrogen and oxygen atoms in total. The Balaban J connectivity index is 2.18. The number of para-hydroxylation sites is 1. The molecule has 0 amide bonds. The summed E-state index contributed by atoms with van der Waals surface area (Å²) in [5.41, 5.74) is 1.20. The first-order valence-electron chi connectivity index (χ1n) is 7.90. The number of piperazine rings is 1. The van der Waals surface area contributed by atoms with E-state index in [1.807, 2.05) is 12.1 Å². The summed E-state index contributed by atoms with van der Waals surface area (Å²) in [5.74, 6) is 1.67. The van der Waals surface area contributed by atoms with Gasteiger partial charge in [0, 0.05) is 37.3 Å². The van der Waals surface area contributed by atoms with Gasteiger partial charge in [0.05, 0.1) is 14.2 Å². The minimum atomic E-state index is 0.587. The molecule has 1 aliphatic rings. The van der Waals surface area contributed by atoms with Crippen LogP contribution in [-0.2, 0) is 6.54 Å². The molecular weight excluding hydrogens is 264 g/mol. The highest BCUT2D eigenvalue weighted by Crippen LogP contribution is 2.32. The molecule has 0 spiro atoms. The number of nitrogens with one attached hydrogen (secondary N) is 1. The molecule has 2 atom stereocenters. The number of rotatable bonds is 6. The highest BCUT2D eigenvalue weighted by atomic mass is 16.5. The SMILES string of the molecule is CCC1CN(Cc2cccc(OC)c2OC)C(CC)CN1. The van der Waals surface area contributed by atoms with Crippen LogP contribution >= 0.6 is 0 Å². The molecule has 2 unspecified atom stereocenters. The van der Waals surface area contributed by atoms with Gasteiger partial charge in [-0.15, -0.1) is 0 Å². The van der Waals surface area contributed by atoms with Gasteiger partial charge >= 0.3 is 0 Å². The van der Waals surface area contributed by atoms with E-state index in [-0.39, 0.29) is 0 Å². The predicted molar refractivity (Wildman–Crippen MR) is 86.1 cm³/mol. The first kappa shape index (κ1) is 16.1. The molecule has 1 saturated heterocycles. The van der Waals surface area contributed by atoms with Crippen LogP contribution in [0.5, 0.6) is 11.5 Å². The predicted octanol–water partition coefficient (Wildman–Crippen LogP) is 2.67. The summed E-state index contributed by atoms with van der Waals surface area (Å²) in [7, 11) is 3.40. The lowest BCUT2D eigenvalue weighted by atomic mass is 10.0. The van der Waals surface area contributed by atoms with Crippen molar-refractivity contribution in [3.05, 3.63) is 23.8 Å². The standard InChI is InChI=1S/C17H28N2O2/c1-5-14-12-19(15(6-2)10-18-14)11-13-8-7-9-16(20-3)17(13)21-4/h7-9,14-15,18H,5-6,10-12H2,1-4H3. The summed E-state index contributed by atoms with van der Waals surface area (Å²) in [4.78, 5) is 2.57. The van der Waals surface area contributed by atoms with Crippen molar-refractivity contribution in [2.75, 3.05) is 27.3 Å². The first-order valence-corrected chi connectivity index (χ1v) is 7.90. The maximum Gasteiger partial charge on any atom is 0.165 e. The molecule has 0 saturated carbocycles. The topological polar surface area (TPSA) is 33.7 Å². The number of benzene rings is 1. The smallest absolute Gasteiger partial charge is 0.165 e. The van der Waals surface area contributed by atoms with Gasteiger partial charge in [0.1, 0.15) is 0 Å². The van der Waals surface area contributed by atoms with Crippen molar-refractivity contribution in [2.45, 2.75) is 45.3 Å². The van der Waals surface area contributed by atoms with Crippen LogP contribution in [0.25, 0.3) is 0 Å². The van der Waals surface area contributed by atoms with E-state index in [0.717, 1.165) is 37.6 Å². The van der Waals surface area contributed by atoms with Crippen LogP contribution in [0.2, 0.25) is 0 Å². The van der Waals surface area contributed by atoms with Gasteiger partial charge in [-0.3, -0.25) is 4.90 Å². The second-order valence-electron chi connectivity index (χ2n) is 5.66.